The van der Waals surface area contributed by atoms with Gasteiger partial charge in [0.15, 0.2) is 5.82 Å². The van der Waals surface area contributed by atoms with Gasteiger partial charge in [0.1, 0.15) is 5.82 Å². The van der Waals surface area contributed by atoms with Crippen molar-refractivity contribution in [2.75, 3.05) is 0 Å². The number of hydrogen-bond donors (Lipinski definition) is 1. The Labute approximate surface area is 109 Å². The summed E-state index contributed by atoms with van der Waals surface area (Å²) in [7, 11) is 0. The van der Waals surface area contributed by atoms with Crippen LogP contribution in [0.25, 0.3) is 0 Å². The number of nitrogens with zero attached hydrogens (tertiary/aromatic N) is 2. The van der Waals surface area contributed by atoms with Gasteiger partial charge in [-0.25, -0.2) is 4.98 Å². The highest BCUT2D eigenvalue weighted by Gasteiger charge is 2.53. The summed E-state index contributed by atoms with van der Waals surface area (Å²) < 4.78 is 0. The second-order valence-corrected chi connectivity index (χ2v) is 7.40. The molecule has 0 atom stereocenters. The third kappa shape index (κ3) is 1.49. The molecule has 1 aromatic rings. The lowest BCUT2D eigenvalue weighted by atomic mass is 9.49. The molecule has 4 fully saturated rings. The summed E-state index contributed by atoms with van der Waals surface area (Å²) in [5.41, 5.74) is 0.346. The third-order valence-corrected chi connectivity index (χ3v) is 5.56. The molecule has 0 aromatic carbocycles. The predicted molar refractivity (Wildman–Crippen MR) is 70.3 cm³/mol. The maximum absolute atomic E-state index is 4.83. The van der Waals surface area contributed by atoms with Crippen LogP contribution in [0.3, 0.4) is 0 Å². The smallest absolute Gasteiger partial charge is 0.156 e. The number of rotatable bonds is 2. The Morgan fingerprint density at radius 3 is 2.06 bits per heavy atom. The average Bonchev–Trinajstić information content (AvgIpc) is 2.76. The molecule has 3 heteroatoms. The van der Waals surface area contributed by atoms with Crippen LogP contribution in [0.5, 0.6) is 0 Å². The van der Waals surface area contributed by atoms with E-state index in [0.717, 1.165) is 29.4 Å². The molecule has 0 aliphatic heterocycles. The van der Waals surface area contributed by atoms with Crippen molar-refractivity contribution in [1.29, 1.82) is 0 Å². The molecule has 3 nitrogen and oxygen atoms in total. The molecule has 0 saturated heterocycles. The zero-order valence-electron chi connectivity index (χ0n) is 11.4. The van der Waals surface area contributed by atoms with E-state index in [0.29, 0.717) is 11.3 Å². The number of H-pyrrole nitrogens is 1. The number of aromatic amines is 1. The molecule has 0 spiro atoms. The first-order valence-corrected chi connectivity index (χ1v) is 7.57. The van der Waals surface area contributed by atoms with E-state index in [9.17, 15) is 0 Å². The SMILES string of the molecule is CC(C)c1nc(C23CC4CC(CC(C4)C2)C3)n[nH]1. The monoisotopic (exact) mass is 245 g/mol. The molecular formula is C15H23N3. The van der Waals surface area contributed by atoms with Crippen molar-refractivity contribution in [1.82, 2.24) is 15.2 Å². The van der Waals surface area contributed by atoms with Crippen molar-refractivity contribution >= 4 is 0 Å². The molecule has 4 saturated carbocycles. The summed E-state index contributed by atoms with van der Waals surface area (Å²) in [5.74, 6) is 5.58. The first kappa shape index (κ1) is 11.0. The van der Waals surface area contributed by atoms with E-state index in [1.54, 1.807) is 0 Å². The maximum atomic E-state index is 4.83. The molecule has 1 N–H and O–H groups in total. The molecule has 4 bridgehead atoms. The zero-order chi connectivity index (χ0) is 12.3. The first-order valence-electron chi connectivity index (χ1n) is 7.57. The minimum Gasteiger partial charge on any atom is -0.263 e. The van der Waals surface area contributed by atoms with Gasteiger partial charge in [-0.1, -0.05) is 13.8 Å². The van der Waals surface area contributed by atoms with E-state index in [1.165, 1.54) is 38.5 Å². The lowest BCUT2D eigenvalue weighted by molar-refractivity contribution is -0.00925. The van der Waals surface area contributed by atoms with Gasteiger partial charge in [0.2, 0.25) is 0 Å². The van der Waals surface area contributed by atoms with Crippen molar-refractivity contribution in [2.45, 2.75) is 63.7 Å². The summed E-state index contributed by atoms with van der Waals surface area (Å²) in [6, 6.07) is 0. The van der Waals surface area contributed by atoms with Gasteiger partial charge < -0.3 is 0 Å². The summed E-state index contributed by atoms with van der Waals surface area (Å²) >= 11 is 0. The summed E-state index contributed by atoms with van der Waals surface area (Å²) in [6.45, 7) is 4.37. The Balaban J connectivity index is 1.70. The maximum Gasteiger partial charge on any atom is 0.156 e. The van der Waals surface area contributed by atoms with Gasteiger partial charge in [0, 0.05) is 11.3 Å². The molecule has 4 aliphatic carbocycles. The van der Waals surface area contributed by atoms with Gasteiger partial charge in [0.25, 0.3) is 0 Å². The molecule has 0 unspecified atom stereocenters. The summed E-state index contributed by atoms with van der Waals surface area (Å²) in [4.78, 5) is 4.83. The molecule has 4 aliphatic rings. The Bertz CT molecular complexity index is 425. The number of aromatic nitrogens is 3. The van der Waals surface area contributed by atoms with Crippen molar-refractivity contribution in [3.05, 3.63) is 11.6 Å². The van der Waals surface area contributed by atoms with Crippen LogP contribution in [0.2, 0.25) is 0 Å². The van der Waals surface area contributed by atoms with Gasteiger partial charge in [-0.15, -0.1) is 0 Å². The highest BCUT2D eigenvalue weighted by Crippen LogP contribution is 2.60. The van der Waals surface area contributed by atoms with Gasteiger partial charge >= 0.3 is 0 Å². The first-order chi connectivity index (χ1) is 8.64. The highest BCUT2D eigenvalue weighted by atomic mass is 15.2. The second-order valence-electron chi connectivity index (χ2n) is 7.40. The average molecular weight is 245 g/mol. The number of nitrogens with one attached hydrogen (secondary N) is 1. The van der Waals surface area contributed by atoms with Crippen LogP contribution < -0.4 is 0 Å². The lowest BCUT2D eigenvalue weighted by Gasteiger charge is -2.55. The second kappa shape index (κ2) is 3.58. The van der Waals surface area contributed by atoms with E-state index >= 15 is 0 Å². The van der Waals surface area contributed by atoms with Gasteiger partial charge in [0.05, 0.1) is 0 Å². The van der Waals surface area contributed by atoms with Gasteiger partial charge in [-0.05, 0) is 56.3 Å². The van der Waals surface area contributed by atoms with E-state index < -0.39 is 0 Å². The van der Waals surface area contributed by atoms with E-state index in [1.807, 2.05) is 0 Å². The quantitative estimate of drug-likeness (QED) is 0.867. The van der Waals surface area contributed by atoms with E-state index in [2.05, 4.69) is 24.0 Å². The molecular weight excluding hydrogens is 222 g/mol. The van der Waals surface area contributed by atoms with Crippen LogP contribution >= 0.6 is 0 Å². The van der Waals surface area contributed by atoms with Crippen molar-refractivity contribution in [3.8, 4) is 0 Å². The molecule has 0 radical (unpaired) electrons. The van der Waals surface area contributed by atoms with Crippen LogP contribution in [0.1, 0.15) is 69.9 Å². The normalized spacial score (nSPS) is 41.8. The standard InChI is InChI=1S/C15H23N3/c1-9(2)13-16-14(18-17-13)15-6-10-3-11(7-15)5-12(4-10)8-15/h9-12H,3-8H2,1-2H3,(H,16,17,18). The third-order valence-electron chi connectivity index (χ3n) is 5.56. The molecule has 0 amide bonds. The summed E-state index contributed by atoms with van der Waals surface area (Å²) in [6.07, 6.45) is 8.53. The fourth-order valence-electron chi connectivity index (χ4n) is 5.15. The fourth-order valence-corrected chi connectivity index (χ4v) is 5.15. The fraction of sp³-hybridized carbons (Fsp3) is 0.867. The topological polar surface area (TPSA) is 41.6 Å². The Morgan fingerprint density at radius 1 is 1.06 bits per heavy atom. The van der Waals surface area contributed by atoms with Crippen molar-refractivity contribution in [3.63, 3.8) is 0 Å². The van der Waals surface area contributed by atoms with Crippen LogP contribution in [0, 0.1) is 17.8 Å². The molecule has 98 valence electrons. The minimum absolute atomic E-state index is 0.346. The Hall–Kier alpha value is -0.860. The van der Waals surface area contributed by atoms with Gasteiger partial charge in [-0.2, -0.15) is 5.10 Å². The minimum atomic E-state index is 0.346. The highest BCUT2D eigenvalue weighted by molar-refractivity contribution is 5.17. The van der Waals surface area contributed by atoms with Crippen LogP contribution in [0.15, 0.2) is 0 Å². The van der Waals surface area contributed by atoms with Crippen molar-refractivity contribution < 1.29 is 0 Å². The van der Waals surface area contributed by atoms with Crippen molar-refractivity contribution in [2.24, 2.45) is 17.8 Å². The Kier molecular flexibility index (Phi) is 2.19. The molecule has 1 aromatic heterocycles. The number of hydrogen-bond acceptors (Lipinski definition) is 2. The molecule has 1 heterocycles. The summed E-state index contributed by atoms with van der Waals surface area (Å²) in [5, 5.41) is 7.76. The lowest BCUT2D eigenvalue weighted by Crippen LogP contribution is -2.49. The molecule has 5 rings (SSSR count). The van der Waals surface area contributed by atoms with E-state index in [4.69, 9.17) is 4.98 Å². The van der Waals surface area contributed by atoms with Crippen LogP contribution in [-0.2, 0) is 5.41 Å². The van der Waals surface area contributed by atoms with Crippen LogP contribution in [-0.4, -0.2) is 15.2 Å². The van der Waals surface area contributed by atoms with E-state index in [-0.39, 0.29) is 0 Å². The zero-order valence-corrected chi connectivity index (χ0v) is 11.4. The Morgan fingerprint density at radius 2 is 1.61 bits per heavy atom. The predicted octanol–water partition coefficient (Wildman–Crippen LogP) is 3.40. The van der Waals surface area contributed by atoms with Gasteiger partial charge in [-0.3, -0.25) is 5.10 Å². The van der Waals surface area contributed by atoms with Crippen LogP contribution in [0.4, 0.5) is 0 Å². The largest absolute Gasteiger partial charge is 0.263 e. The molecule has 18 heavy (non-hydrogen) atoms.